The van der Waals surface area contributed by atoms with Gasteiger partial charge in [-0.2, -0.15) is 0 Å². The van der Waals surface area contributed by atoms with Crippen molar-refractivity contribution in [3.63, 3.8) is 0 Å². The molecule has 2 aliphatic rings. The van der Waals surface area contributed by atoms with Crippen LogP contribution in [0.25, 0.3) is 16.3 Å². The zero-order valence-corrected chi connectivity index (χ0v) is 13.0. The average molecular weight is 295 g/mol. The first kappa shape index (κ1) is 14.0. The Morgan fingerprint density at radius 1 is 1.09 bits per heavy atom. The van der Waals surface area contributed by atoms with E-state index in [1.54, 1.807) is 23.3 Å². The van der Waals surface area contributed by atoms with Gasteiger partial charge in [-0.05, 0) is 84.7 Å². The van der Waals surface area contributed by atoms with Crippen molar-refractivity contribution < 1.29 is 4.39 Å². The van der Waals surface area contributed by atoms with Gasteiger partial charge in [-0.3, -0.25) is 0 Å². The Balaban J connectivity index is 1.82. The minimum absolute atomic E-state index is 0.161. The van der Waals surface area contributed by atoms with Gasteiger partial charge in [0.2, 0.25) is 0 Å². The fourth-order valence-electron chi connectivity index (χ4n) is 4.47. The second kappa shape index (κ2) is 5.51. The lowest BCUT2D eigenvalue weighted by atomic mass is 9.79. The molecular weight excluding hydrogens is 273 g/mol. The van der Waals surface area contributed by atoms with Gasteiger partial charge in [-0.25, -0.2) is 4.39 Å². The highest BCUT2D eigenvalue weighted by Crippen LogP contribution is 2.49. The number of rotatable bonds is 3. The normalized spacial score (nSPS) is 24.3. The number of benzene rings is 2. The maximum absolute atomic E-state index is 13.4. The van der Waals surface area contributed by atoms with Crippen LogP contribution in [0.15, 0.2) is 42.0 Å². The molecule has 0 spiro atoms. The van der Waals surface area contributed by atoms with Gasteiger partial charge in [0.1, 0.15) is 5.82 Å². The Morgan fingerprint density at radius 3 is 2.77 bits per heavy atom. The molecule has 2 aromatic carbocycles. The van der Waals surface area contributed by atoms with Crippen LogP contribution in [0.1, 0.15) is 31.2 Å². The van der Waals surface area contributed by atoms with Crippen LogP contribution >= 0.6 is 0 Å². The number of fused-ring (bicyclic) bond motifs is 3. The van der Waals surface area contributed by atoms with Crippen LogP contribution in [-0.4, -0.2) is 13.6 Å². The number of nitrogens with one attached hydrogen (secondary N) is 1. The first-order valence-electron chi connectivity index (χ1n) is 8.31. The molecule has 0 radical (unpaired) electrons. The van der Waals surface area contributed by atoms with Gasteiger partial charge >= 0.3 is 0 Å². The summed E-state index contributed by atoms with van der Waals surface area (Å²) < 4.78 is 13.4. The van der Waals surface area contributed by atoms with Gasteiger partial charge in [-0.1, -0.05) is 23.8 Å². The van der Waals surface area contributed by atoms with E-state index in [0.717, 1.165) is 29.2 Å². The van der Waals surface area contributed by atoms with Crippen LogP contribution < -0.4 is 5.32 Å². The van der Waals surface area contributed by atoms with Crippen LogP contribution in [0, 0.1) is 17.7 Å². The van der Waals surface area contributed by atoms with E-state index in [0.29, 0.717) is 0 Å². The maximum atomic E-state index is 13.4. The van der Waals surface area contributed by atoms with Crippen molar-refractivity contribution in [2.45, 2.75) is 25.7 Å². The van der Waals surface area contributed by atoms with E-state index in [1.807, 2.05) is 13.1 Å². The first-order valence-corrected chi connectivity index (χ1v) is 8.31. The average Bonchev–Trinajstić information content (AvgIpc) is 2.89. The lowest BCUT2D eigenvalue weighted by Crippen LogP contribution is -2.19. The van der Waals surface area contributed by atoms with Gasteiger partial charge in [0.05, 0.1) is 0 Å². The molecule has 22 heavy (non-hydrogen) atoms. The lowest BCUT2D eigenvalue weighted by molar-refractivity contribution is 0.502. The minimum atomic E-state index is -0.161. The van der Waals surface area contributed by atoms with Crippen LogP contribution in [0.3, 0.4) is 0 Å². The van der Waals surface area contributed by atoms with Gasteiger partial charge in [0, 0.05) is 6.54 Å². The molecule has 0 aromatic heterocycles. The summed E-state index contributed by atoms with van der Waals surface area (Å²) in [5, 5.41) is 5.46. The highest BCUT2D eigenvalue weighted by Gasteiger charge is 2.34. The summed E-state index contributed by atoms with van der Waals surface area (Å²) in [4.78, 5) is 0. The number of allylic oxidation sites excluding steroid dienone is 1. The van der Waals surface area contributed by atoms with Gasteiger partial charge in [0.25, 0.3) is 0 Å². The number of hydrogen-bond acceptors (Lipinski definition) is 1. The predicted octanol–water partition coefficient (Wildman–Crippen LogP) is 4.77. The summed E-state index contributed by atoms with van der Waals surface area (Å²) in [6.07, 6.45) is 5.30. The van der Waals surface area contributed by atoms with E-state index >= 15 is 0 Å². The van der Waals surface area contributed by atoms with Gasteiger partial charge in [0.15, 0.2) is 0 Å². The molecule has 1 saturated carbocycles. The summed E-state index contributed by atoms with van der Waals surface area (Å²) in [6, 6.07) is 11.6. The third-order valence-corrected chi connectivity index (χ3v) is 5.37. The summed E-state index contributed by atoms with van der Waals surface area (Å²) in [6.45, 7) is 0.990. The van der Waals surface area contributed by atoms with Crippen molar-refractivity contribution in [1.82, 2.24) is 5.32 Å². The zero-order valence-electron chi connectivity index (χ0n) is 13.0. The molecule has 1 nitrogen and oxygen atoms in total. The highest BCUT2D eigenvalue weighted by molar-refractivity contribution is 5.87. The Morgan fingerprint density at radius 2 is 1.91 bits per heavy atom. The molecule has 1 fully saturated rings. The molecule has 0 aliphatic heterocycles. The fourth-order valence-corrected chi connectivity index (χ4v) is 4.47. The lowest BCUT2D eigenvalue weighted by Gasteiger charge is -2.27. The van der Waals surface area contributed by atoms with Crippen molar-refractivity contribution in [2.24, 2.45) is 11.8 Å². The quantitative estimate of drug-likeness (QED) is 0.860. The predicted molar refractivity (Wildman–Crippen MR) is 90.2 cm³/mol. The number of hydrogen-bond donors (Lipinski definition) is 1. The van der Waals surface area contributed by atoms with Crippen molar-refractivity contribution in [3.8, 4) is 0 Å². The Kier molecular flexibility index (Phi) is 3.50. The van der Waals surface area contributed by atoms with Crippen molar-refractivity contribution in [3.05, 3.63) is 53.4 Å². The molecule has 114 valence electrons. The summed E-state index contributed by atoms with van der Waals surface area (Å²) in [5.74, 6) is 1.46. The highest BCUT2D eigenvalue weighted by atomic mass is 19.1. The molecule has 0 amide bonds. The topological polar surface area (TPSA) is 12.0 Å². The molecule has 1 N–H and O–H groups in total. The minimum Gasteiger partial charge on any atom is -0.316 e. The number of halogens is 1. The molecule has 0 heterocycles. The second-order valence-electron chi connectivity index (χ2n) is 6.83. The summed E-state index contributed by atoms with van der Waals surface area (Å²) >= 11 is 0. The molecule has 2 aliphatic carbocycles. The SMILES string of the molecule is CNCC1=C(c2ccc3cc(F)ccc3c2)[C@H]2CC[C@H](C1)C2. The third kappa shape index (κ3) is 2.36. The van der Waals surface area contributed by atoms with E-state index < -0.39 is 0 Å². The zero-order chi connectivity index (χ0) is 15.1. The van der Waals surface area contributed by atoms with Crippen LogP contribution in [0.2, 0.25) is 0 Å². The second-order valence-corrected chi connectivity index (χ2v) is 6.83. The molecule has 2 aromatic rings. The van der Waals surface area contributed by atoms with E-state index in [2.05, 4.69) is 23.5 Å². The van der Waals surface area contributed by atoms with Crippen LogP contribution in [-0.2, 0) is 0 Å². The standard InChI is InChI=1S/C20H22FN/c1-22-12-18-9-13-2-3-16(8-13)20(18)17-5-4-15-11-19(21)7-6-14(15)10-17/h4-7,10-11,13,16,22H,2-3,8-9,12H2,1H3/t13-,16-/m0/s1. The molecule has 0 unspecified atom stereocenters. The Hall–Kier alpha value is -1.67. The summed E-state index contributed by atoms with van der Waals surface area (Å²) in [7, 11) is 2.03. The smallest absolute Gasteiger partial charge is 0.123 e. The van der Waals surface area contributed by atoms with Crippen molar-refractivity contribution in [2.75, 3.05) is 13.6 Å². The monoisotopic (exact) mass is 295 g/mol. The van der Waals surface area contributed by atoms with Crippen molar-refractivity contribution in [1.29, 1.82) is 0 Å². The molecular formula is C20H22FN. The first-order chi connectivity index (χ1) is 10.7. The Bertz CT molecular complexity index is 746. The number of likely N-dealkylation sites (N-methyl/N-ethyl adjacent to an activating group) is 1. The summed E-state index contributed by atoms with van der Waals surface area (Å²) in [5.41, 5.74) is 4.49. The molecule has 4 rings (SSSR count). The van der Waals surface area contributed by atoms with Crippen LogP contribution in [0.5, 0.6) is 0 Å². The van der Waals surface area contributed by atoms with Crippen LogP contribution in [0.4, 0.5) is 4.39 Å². The van der Waals surface area contributed by atoms with E-state index in [1.165, 1.54) is 31.2 Å². The fraction of sp³-hybridized carbons (Fsp3) is 0.400. The van der Waals surface area contributed by atoms with Gasteiger partial charge in [-0.15, -0.1) is 0 Å². The molecule has 0 saturated heterocycles. The third-order valence-electron chi connectivity index (χ3n) is 5.37. The Labute approximate surface area is 131 Å². The molecule has 2 heteroatoms. The van der Waals surface area contributed by atoms with Gasteiger partial charge < -0.3 is 5.32 Å². The van der Waals surface area contributed by atoms with Crippen molar-refractivity contribution >= 4 is 16.3 Å². The largest absolute Gasteiger partial charge is 0.316 e. The molecule has 2 bridgehead atoms. The van der Waals surface area contributed by atoms with E-state index in [9.17, 15) is 4.39 Å². The van der Waals surface area contributed by atoms with E-state index in [4.69, 9.17) is 0 Å². The molecule has 2 atom stereocenters. The van der Waals surface area contributed by atoms with E-state index in [-0.39, 0.29) is 5.82 Å². The maximum Gasteiger partial charge on any atom is 0.123 e.